The molecule has 0 aromatic heterocycles. The zero-order valence-corrected chi connectivity index (χ0v) is 9.68. The summed E-state index contributed by atoms with van der Waals surface area (Å²) in [5.74, 6) is -2.47. The van der Waals surface area contributed by atoms with Gasteiger partial charge in [-0.3, -0.25) is 9.59 Å². The summed E-state index contributed by atoms with van der Waals surface area (Å²) < 4.78 is 5.18. The number of carboxylic acids is 1. The van der Waals surface area contributed by atoms with Gasteiger partial charge in [-0.05, 0) is 26.2 Å². The Morgan fingerprint density at radius 1 is 1.38 bits per heavy atom. The minimum absolute atomic E-state index is 0.146. The molecule has 16 heavy (non-hydrogen) atoms. The van der Waals surface area contributed by atoms with Gasteiger partial charge in [-0.2, -0.15) is 0 Å². The second-order valence-corrected chi connectivity index (χ2v) is 4.15. The van der Waals surface area contributed by atoms with Crippen LogP contribution in [0, 0.1) is 11.8 Å². The Balaban J connectivity index is 2.65. The van der Waals surface area contributed by atoms with Crippen LogP contribution >= 0.6 is 0 Å². The van der Waals surface area contributed by atoms with Gasteiger partial charge in [0.05, 0.1) is 17.9 Å². The number of hydrogen-bond donors (Lipinski definition) is 1. The number of esters is 1. The third-order valence-corrected chi connectivity index (χ3v) is 2.94. The molecule has 1 aliphatic carbocycles. The van der Waals surface area contributed by atoms with Crippen LogP contribution in [0.1, 0.15) is 33.1 Å². The SMILES string of the molecule is CCC(C)OC(=O)C1CC=CCC1C(=O)O. The van der Waals surface area contributed by atoms with E-state index in [4.69, 9.17) is 9.84 Å². The zero-order chi connectivity index (χ0) is 12.1. The van der Waals surface area contributed by atoms with Crippen molar-refractivity contribution in [3.63, 3.8) is 0 Å². The average Bonchev–Trinajstić information content (AvgIpc) is 2.28. The minimum Gasteiger partial charge on any atom is -0.481 e. The first-order valence-corrected chi connectivity index (χ1v) is 5.64. The molecule has 3 unspecified atom stereocenters. The molecule has 0 bridgehead atoms. The third kappa shape index (κ3) is 3.08. The largest absolute Gasteiger partial charge is 0.481 e. The maximum atomic E-state index is 11.8. The Morgan fingerprint density at radius 3 is 2.44 bits per heavy atom. The number of ether oxygens (including phenoxy) is 1. The molecule has 1 N–H and O–H groups in total. The van der Waals surface area contributed by atoms with Gasteiger partial charge in [-0.15, -0.1) is 0 Å². The highest BCUT2D eigenvalue weighted by Crippen LogP contribution is 2.27. The minimum atomic E-state index is -0.921. The van der Waals surface area contributed by atoms with Gasteiger partial charge in [0.15, 0.2) is 0 Å². The van der Waals surface area contributed by atoms with E-state index in [1.807, 2.05) is 26.0 Å². The van der Waals surface area contributed by atoms with Crippen molar-refractivity contribution in [2.24, 2.45) is 11.8 Å². The van der Waals surface area contributed by atoms with Crippen molar-refractivity contribution in [2.75, 3.05) is 0 Å². The first-order valence-electron chi connectivity index (χ1n) is 5.64. The number of rotatable bonds is 4. The quantitative estimate of drug-likeness (QED) is 0.588. The fraction of sp³-hybridized carbons (Fsp3) is 0.667. The molecule has 90 valence electrons. The molecule has 0 fully saturated rings. The van der Waals surface area contributed by atoms with Crippen LogP contribution in [0.25, 0.3) is 0 Å². The van der Waals surface area contributed by atoms with Crippen molar-refractivity contribution in [1.29, 1.82) is 0 Å². The molecular formula is C12H18O4. The van der Waals surface area contributed by atoms with E-state index in [0.29, 0.717) is 12.8 Å². The zero-order valence-electron chi connectivity index (χ0n) is 9.68. The number of carbonyl (C=O) groups excluding carboxylic acids is 1. The van der Waals surface area contributed by atoms with Gasteiger partial charge in [0.1, 0.15) is 0 Å². The molecule has 4 heteroatoms. The van der Waals surface area contributed by atoms with E-state index in [2.05, 4.69) is 0 Å². The van der Waals surface area contributed by atoms with Crippen molar-refractivity contribution >= 4 is 11.9 Å². The van der Waals surface area contributed by atoms with Gasteiger partial charge in [0.2, 0.25) is 0 Å². The molecule has 0 aliphatic heterocycles. The number of hydrogen-bond acceptors (Lipinski definition) is 3. The third-order valence-electron chi connectivity index (χ3n) is 2.94. The summed E-state index contributed by atoms with van der Waals surface area (Å²) in [6.45, 7) is 3.74. The van der Waals surface area contributed by atoms with Gasteiger partial charge in [-0.1, -0.05) is 19.1 Å². The molecule has 3 atom stereocenters. The monoisotopic (exact) mass is 226 g/mol. The second kappa shape index (κ2) is 5.68. The van der Waals surface area contributed by atoms with Crippen LogP contribution in [0.4, 0.5) is 0 Å². The molecule has 0 aromatic rings. The molecular weight excluding hydrogens is 208 g/mol. The predicted molar refractivity (Wildman–Crippen MR) is 58.8 cm³/mol. The van der Waals surface area contributed by atoms with Crippen LogP contribution in [0.5, 0.6) is 0 Å². The maximum Gasteiger partial charge on any atom is 0.310 e. The topological polar surface area (TPSA) is 63.6 Å². The molecule has 0 aromatic carbocycles. The van der Waals surface area contributed by atoms with Crippen LogP contribution in [0.15, 0.2) is 12.2 Å². The van der Waals surface area contributed by atoms with Gasteiger partial charge in [0.25, 0.3) is 0 Å². The van der Waals surface area contributed by atoms with Gasteiger partial charge in [0, 0.05) is 0 Å². The summed E-state index contributed by atoms with van der Waals surface area (Å²) in [6.07, 6.45) is 5.13. The lowest BCUT2D eigenvalue weighted by Gasteiger charge is -2.24. The highest BCUT2D eigenvalue weighted by molar-refractivity contribution is 5.81. The molecule has 0 spiro atoms. The van der Waals surface area contributed by atoms with E-state index in [1.165, 1.54) is 0 Å². The predicted octanol–water partition coefficient (Wildman–Crippen LogP) is 2.00. The highest BCUT2D eigenvalue weighted by Gasteiger charge is 2.35. The number of allylic oxidation sites excluding steroid dienone is 2. The standard InChI is InChI=1S/C12H18O4/c1-3-8(2)16-12(15)10-7-5-4-6-9(10)11(13)14/h4-5,8-10H,3,6-7H2,1-2H3,(H,13,14). The number of carboxylic acid groups (broad SMARTS) is 1. The van der Waals surface area contributed by atoms with E-state index in [9.17, 15) is 9.59 Å². The first-order chi connectivity index (χ1) is 7.56. The van der Waals surface area contributed by atoms with Gasteiger partial charge >= 0.3 is 11.9 Å². The maximum absolute atomic E-state index is 11.8. The number of carbonyl (C=O) groups is 2. The summed E-state index contributed by atoms with van der Waals surface area (Å²) in [5.41, 5.74) is 0. The average molecular weight is 226 g/mol. The normalized spacial score (nSPS) is 26.1. The van der Waals surface area contributed by atoms with Crippen LogP contribution in [-0.4, -0.2) is 23.1 Å². The van der Waals surface area contributed by atoms with Gasteiger partial charge < -0.3 is 9.84 Å². The van der Waals surface area contributed by atoms with E-state index in [1.54, 1.807) is 0 Å². The molecule has 1 aliphatic rings. The Bertz CT molecular complexity index is 295. The molecule has 4 nitrogen and oxygen atoms in total. The van der Waals surface area contributed by atoms with E-state index < -0.39 is 17.8 Å². The van der Waals surface area contributed by atoms with Crippen molar-refractivity contribution in [2.45, 2.75) is 39.2 Å². The van der Waals surface area contributed by atoms with E-state index in [0.717, 1.165) is 6.42 Å². The van der Waals surface area contributed by atoms with Gasteiger partial charge in [-0.25, -0.2) is 0 Å². The first kappa shape index (κ1) is 12.7. The second-order valence-electron chi connectivity index (χ2n) is 4.15. The summed E-state index contributed by atoms with van der Waals surface area (Å²) >= 11 is 0. The Hall–Kier alpha value is -1.32. The Labute approximate surface area is 95.3 Å². The van der Waals surface area contributed by atoms with Crippen LogP contribution in [0.3, 0.4) is 0 Å². The van der Waals surface area contributed by atoms with Crippen molar-refractivity contribution < 1.29 is 19.4 Å². The Kier molecular flexibility index (Phi) is 4.52. The van der Waals surface area contributed by atoms with Crippen LogP contribution in [0.2, 0.25) is 0 Å². The lowest BCUT2D eigenvalue weighted by Crippen LogP contribution is -2.33. The summed E-state index contributed by atoms with van der Waals surface area (Å²) in [5, 5.41) is 9.01. The fourth-order valence-corrected chi connectivity index (χ4v) is 1.72. The fourth-order valence-electron chi connectivity index (χ4n) is 1.72. The lowest BCUT2D eigenvalue weighted by molar-refractivity contribution is -0.161. The summed E-state index contributed by atoms with van der Waals surface area (Å²) in [4.78, 5) is 22.7. The molecule has 0 saturated carbocycles. The molecule has 0 amide bonds. The number of aliphatic carboxylic acids is 1. The summed E-state index contributed by atoms with van der Waals surface area (Å²) in [7, 11) is 0. The van der Waals surface area contributed by atoms with Crippen molar-refractivity contribution in [3.05, 3.63) is 12.2 Å². The van der Waals surface area contributed by atoms with Crippen molar-refractivity contribution in [3.8, 4) is 0 Å². The highest BCUT2D eigenvalue weighted by atomic mass is 16.5. The Morgan fingerprint density at radius 2 is 1.94 bits per heavy atom. The smallest absolute Gasteiger partial charge is 0.310 e. The van der Waals surface area contributed by atoms with Crippen LogP contribution in [-0.2, 0) is 14.3 Å². The molecule has 0 radical (unpaired) electrons. The van der Waals surface area contributed by atoms with Crippen LogP contribution < -0.4 is 0 Å². The molecule has 0 heterocycles. The summed E-state index contributed by atoms with van der Waals surface area (Å²) in [6, 6.07) is 0. The molecule has 1 rings (SSSR count). The molecule has 0 saturated heterocycles. The van der Waals surface area contributed by atoms with E-state index in [-0.39, 0.29) is 12.1 Å². The van der Waals surface area contributed by atoms with Crippen molar-refractivity contribution in [1.82, 2.24) is 0 Å². The lowest BCUT2D eigenvalue weighted by atomic mass is 9.83. The van der Waals surface area contributed by atoms with E-state index >= 15 is 0 Å².